The minimum Gasteiger partial charge on any atom is -0.400 e. The smallest absolute Gasteiger partial charge is 0.400 e. The summed E-state index contributed by atoms with van der Waals surface area (Å²) in [6.45, 7) is 0. The van der Waals surface area contributed by atoms with Gasteiger partial charge in [0.2, 0.25) is 0 Å². The number of halogens is 2. The second-order valence-corrected chi connectivity index (χ2v) is 8.60. The van der Waals surface area contributed by atoms with Gasteiger partial charge in [0.05, 0.1) is 0 Å². The summed E-state index contributed by atoms with van der Waals surface area (Å²) in [4.78, 5) is 8.50. The summed E-state index contributed by atoms with van der Waals surface area (Å²) in [5, 5.41) is 30.4. The van der Waals surface area contributed by atoms with Crippen molar-refractivity contribution in [1.29, 1.82) is 0 Å². The van der Waals surface area contributed by atoms with Gasteiger partial charge in [0, 0.05) is 39.0 Å². The molecule has 6 rings (SSSR count). The van der Waals surface area contributed by atoms with Gasteiger partial charge in [-0.2, -0.15) is 0 Å². The zero-order valence-electron chi connectivity index (χ0n) is 23.0. The van der Waals surface area contributed by atoms with Crippen LogP contribution in [0.5, 0.6) is 0 Å². The van der Waals surface area contributed by atoms with Crippen LogP contribution < -0.4 is 37.3 Å². The van der Waals surface area contributed by atoms with E-state index in [1.54, 1.807) is 12.4 Å². The molecule has 0 fully saturated rings. The van der Waals surface area contributed by atoms with E-state index >= 15 is 0 Å². The average molecular weight is 714 g/mol. The second-order valence-electron chi connectivity index (χ2n) is 7.09. The number of aromatic nitrogens is 8. The van der Waals surface area contributed by atoms with Gasteiger partial charge in [-0.25, -0.2) is 37.3 Å². The first-order valence-electron chi connectivity index (χ1n) is 11.5. The number of pyridine rings is 4. The summed E-state index contributed by atoms with van der Waals surface area (Å²) in [6, 6.07) is 23.1. The quantitative estimate of drug-likeness (QED) is 0.157. The molecule has 0 saturated carbocycles. The average Bonchev–Trinajstić information content (AvgIpc) is 3.64. The molecule has 0 aliphatic rings. The van der Waals surface area contributed by atoms with Crippen molar-refractivity contribution >= 4 is 11.3 Å². The molecule has 6 aromatic heterocycles. The zero-order valence-corrected chi connectivity index (χ0v) is 25.5. The molecule has 0 unspecified atom stereocenters. The van der Waals surface area contributed by atoms with Crippen molar-refractivity contribution in [2.24, 2.45) is 0 Å². The summed E-state index contributed by atoms with van der Waals surface area (Å²) in [6.07, 6.45) is 7.36. The molecule has 0 bridgehead atoms. The van der Waals surface area contributed by atoms with Crippen molar-refractivity contribution in [2.45, 2.75) is 0 Å². The Morgan fingerprint density at radius 2 is 0.800 bits per heavy atom. The van der Waals surface area contributed by atoms with E-state index < -0.39 is 20.5 Å². The number of hydrogen-bond acceptors (Lipinski definition) is 16. The third-order valence-electron chi connectivity index (χ3n) is 4.42. The predicted octanol–water partition coefficient (Wildman–Crippen LogP) is -6.71. The normalized spacial score (nSPS) is 10.0. The van der Waals surface area contributed by atoms with Crippen LogP contribution in [0.15, 0.2) is 97.6 Å². The van der Waals surface area contributed by atoms with E-state index in [2.05, 4.69) is 30.4 Å². The van der Waals surface area contributed by atoms with Crippen LogP contribution in [0, 0.1) is 20.5 Å². The number of fused-ring (bicyclic) bond motifs is 2. The minimum atomic E-state index is -4.94. The Balaban J connectivity index is 0.000000607. The molecule has 0 aliphatic heterocycles. The molecule has 45 heavy (non-hydrogen) atoms. The van der Waals surface area contributed by atoms with Crippen LogP contribution in [0.3, 0.4) is 0 Å². The van der Waals surface area contributed by atoms with Gasteiger partial charge in [0.15, 0.2) is 22.9 Å². The van der Waals surface area contributed by atoms with Crippen LogP contribution in [0.1, 0.15) is 0 Å². The first-order chi connectivity index (χ1) is 20.9. The first kappa shape index (κ1) is 41.2. The molecule has 0 saturated heterocycles. The molecule has 18 nitrogen and oxygen atoms in total. The maximum Gasteiger partial charge on any atom is 2.00 e. The predicted molar refractivity (Wildman–Crippen MR) is 129 cm³/mol. The maximum absolute atomic E-state index is 8.49. The Bertz CT molecular complexity index is 1490. The van der Waals surface area contributed by atoms with Crippen molar-refractivity contribution in [3.63, 3.8) is 0 Å². The van der Waals surface area contributed by atoms with Gasteiger partial charge >= 0.3 is 16.5 Å². The molecule has 0 aliphatic carbocycles. The van der Waals surface area contributed by atoms with Crippen LogP contribution in [0.25, 0.3) is 34.3 Å². The second kappa shape index (κ2) is 21.0. The van der Waals surface area contributed by atoms with Crippen molar-refractivity contribution in [2.75, 3.05) is 14.2 Å². The van der Waals surface area contributed by atoms with Gasteiger partial charge in [-0.15, -0.1) is 40.9 Å². The summed E-state index contributed by atoms with van der Waals surface area (Å²) < 4.78 is 71.8. The molecule has 244 valence electrons. The summed E-state index contributed by atoms with van der Waals surface area (Å²) in [5.41, 5.74) is 3.32. The Labute approximate surface area is 269 Å². The fourth-order valence-corrected chi connectivity index (χ4v) is 3.02. The van der Waals surface area contributed by atoms with Crippen molar-refractivity contribution in [1.82, 2.24) is 39.2 Å². The summed E-state index contributed by atoms with van der Waals surface area (Å²) in [5.74, 6) is 1.54. The van der Waals surface area contributed by atoms with Crippen LogP contribution in [0.2, 0.25) is 0 Å². The molecule has 0 radical (unpaired) electrons. The van der Waals surface area contributed by atoms with Gasteiger partial charge in [0.25, 0.3) is 0 Å². The molecule has 0 aromatic carbocycles. The van der Waals surface area contributed by atoms with Gasteiger partial charge in [-0.1, -0.05) is 24.3 Å². The SMILES string of the molecule is CO.CO.[Ni+2].[O-][Cl+3]([O-])([O-])[O-].[O-][Cl+3]([O-])([O-])[O-].c1ccc(-c2nnc3ccccn23)nc1.c1ccc(-c2nnc3ccccn23)nc1. The number of rotatable bonds is 2. The van der Waals surface area contributed by atoms with Crippen LogP contribution >= 0.6 is 0 Å². The van der Waals surface area contributed by atoms with Gasteiger partial charge in [-0.05, 0) is 48.5 Å². The van der Waals surface area contributed by atoms with Crippen LogP contribution in [-0.2, 0) is 16.5 Å². The Hall–Kier alpha value is -3.79. The van der Waals surface area contributed by atoms with E-state index in [1.807, 2.05) is 94.0 Å². The molecule has 21 heteroatoms. The van der Waals surface area contributed by atoms with E-state index in [-0.39, 0.29) is 16.5 Å². The largest absolute Gasteiger partial charge is 2.00 e. The van der Waals surface area contributed by atoms with Gasteiger partial charge in [-0.3, -0.25) is 18.8 Å². The Kier molecular flexibility index (Phi) is 19.3. The molecule has 2 N–H and O–H groups in total. The van der Waals surface area contributed by atoms with E-state index in [1.165, 1.54) is 0 Å². The van der Waals surface area contributed by atoms with Crippen molar-refractivity contribution < 1.29 is 84.5 Å². The topological polar surface area (TPSA) is 311 Å². The number of aliphatic hydroxyl groups excluding tert-OH is 2. The fourth-order valence-electron chi connectivity index (χ4n) is 3.02. The number of aliphatic hydroxyl groups is 2. The maximum atomic E-state index is 8.49. The molecular formula is C24H24Cl2N8NiO10. The third-order valence-corrected chi connectivity index (χ3v) is 4.42. The van der Waals surface area contributed by atoms with Crippen LogP contribution in [-0.4, -0.2) is 63.6 Å². The zero-order chi connectivity index (χ0) is 33.2. The standard InChI is InChI=1S/2C11H8N4.2CH4O.2ClHO4.Ni/c2*1-3-7-12-9(5-1)11-14-13-10-6-2-4-8-15(10)11;2*1-2;2*2-1(3,4)5;/h2*1-8H;2*2H,1H3;2*(H,2,3,4,5);/q;;;;;;+2/p-2. The third kappa shape index (κ3) is 16.2. The van der Waals surface area contributed by atoms with Crippen molar-refractivity contribution in [3.8, 4) is 23.0 Å². The van der Waals surface area contributed by atoms with E-state index in [9.17, 15) is 0 Å². The van der Waals surface area contributed by atoms with Crippen LogP contribution in [0.4, 0.5) is 0 Å². The molecule has 6 heterocycles. The summed E-state index contributed by atoms with van der Waals surface area (Å²) in [7, 11) is -7.89. The van der Waals surface area contributed by atoms with E-state index in [0.29, 0.717) is 0 Å². The number of nitrogens with zero attached hydrogens (tertiary/aromatic N) is 8. The Morgan fingerprint density at radius 1 is 0.489 bits per heavy atom. The Morgan fingerprint density at radius 3 is 1.09 bits per heavy atom. The molecular weight excluding hydrogens is 690 g/mol. The molecule has 0 atom stereocenters. The minimum absolute atomic E-state index is 0. The molecule has 6 aromatic rings. The molecule has 0 spiro atoms. The first-order valence-corrected chi connectivity index (χ1v) is 13.9. The molecule has 0 amide bonds. The van der Waals surface area contributed by atoms with Gasteiger partial charge < -0.3 is 10.2 Å². The van der Waals surface area contributed by atoms with Crippen molar-refractivity contribution in [3.05, 3.63) is 97.6 Å². The van der Waals surface area contributed by atoms with E-state index in [0.717, 1.165) is 48.6 Å². The summed E-state index contributed by atoms with van der Waals surface area (Å²) >= 11 is 0. The van der Waals surface area contributed by atoms with Gasteiger partial charge in [0.1, 0.15) is 11.4 Å². The monoisotopic (exact) mass is 712 g/mol. The fraction of sp³-hybridized carbons (Fsp3) is 0.0833. The van der Waals surface area contributed by atoms with E-state index in [4.69, 9.17) is 47.5 Å². The number of hydrogen-bond donors (Lipinski definition) is 2.